The van der Waals surface area contributed by atoms with Crippen molar-refractivity contribution in [1.29, 1.82) is 0 Å². The van der Waals surface area contributed by atoms with Crippen LogP contribution < -0.4 is 4.90 Å². The lowest BCUT2D eigenvalue weighted by molar-refractivity contribution is -0.141. The van der Waals surface area contributed by atoms with Crippen molar-refractivity contribution in [3.8, 4) is 5.82 Å². The van der Waals surface area contributed by atoms with E-state index in [1.165, 1.54) is 0 Å². The maximum Gasteiger partial charge on any atom is 0.233 e. The quantitative estimate of drug-likeness (QED) is 0.646. The van der Waals surface area contributed by atoms with Gasteiger partial charge in [-0.15, -0.1) is 0 Å². The summed E-state index contributed by atoms with van der Waals surface area (Å²) in [4.78, 5) is 30.8. The Labute approximate surface area is 181 Å². The van der Waals surface area contributed by atoms with Crippen LogP contribution >= 0.6 is 0 Å². The number of aromatic nitrogens is 4. The molecule has 1 amide bonds. The van der Waals surface area contributed by atoms with E-state index in [0.717, 1.165) is 43.1 Å². The number of anilines is 1. The van der Waals surface area contributed by atoms with Crippen LogP contribution in [0.25, 0.3) is 5.82 Å². The maximum atomic E-state index is 13.7. The van der Waals surface area contributed by atoms with E-state index in [4.69, 9.17) is 4.74 Å². The normalized spacial score (nSPS) is 18.7. The topological polar surface area (TPSA) is 76.4 Å². The first-order valence-corrected chi connectivity index (χ1v) is 10.7. The lowest BCUT2D eigenvalue weighted by atomic mass is 9.73. The van der Waals surface area contributed by atoms with Crippen LogP contribution in [-0.4, -0.2) is 69.7 Å². The van der Waals surface area contributed by atoms with E-state index in [1.807, 2.05) is 39.9 Å². The number of ether oxygens (including phenoxy) is 1. The number of benzene rings is 1. The highest BCUT2D eigenvalue weighted by atomic mass is 16.5. The molecule has 2 saturated heterocycles. The van der Waals surface area contributed by atoms with Crippen molar-refractivity contribution in [2.45, 2.75) is 18.3 Å². The number of piperazine rings is 1. The zero-order chi connectivity index (χ0) is 21.1. The predicted molar refractivity (Wildman–Crippen MR) is 116 cm³/mol. The van der Waals surface area contributed by atoms with Gasteiger partial charge in [-0.25, -0.2) is 15.0 Å². The first kappa shape index (κ1) is 19.7. The predicted octanol–water partition coefficient (Wildman–Crippen LogP) is 2.06. The highest BCUT2D eigenvalue weighted by molar-refractivity contribution is 5.88. The average molecular weight is 419 g/mol. The molecule has 2 aromatic heterocycles. The summed E-state index contributed by atoms with van der Waals surface area (Å²) >= 11 is 0. The van der Waals surface area contributed by atoms with Crippen LogP contribution in [0.15, 0.2) is 61.4 Å². The Bertz CT molecular complexity index is 1010. The third-order valence-corrected chi connectivity index (χ3v) is 6.38. The molecule has 0 aliphatic carbocycles. The summed E-state index contributed by atoms with van der Waals surface area (Å²) in [5.41, 5.74) is 0.622. The van der Waals surface area contributed by atoms with Crippen LogP contribution in [0.5, 0.6) is 0 Å². The first-order chi connectivity index (χ1) is 15.3. The van der Waals surface area contributed by atoms with Crippen LogP contribution in [0.4, 0.5) is 5.82 Å². The van der Waals surface area contributed by atoms with Gasteiger partial charge < -0.3 is 14.5 Å². The first-order valence-electron chi connectivity index (χ1n) is 10.7. The second-order valence-corrected chi connectivity index (χ2v) is 8.04. The Morgan fingerprint density at radius 3 is 2.42 bits per heavy atom. The molecule has 8 heteroatoms. The Kier molecular flexibility index (Phi) is 5.38. The molecule has 31 heavy (non-hydrogen) atoms. The molecule has 3 aromatic rings. The van der Waals surface area contributed by atoms with Crippen LogP contribution in [0, 0.1) is 0 Å². The number of rotatable bonds is 4. The van der Waals surface area contributed by atoms with Crippen molar-refractivity contribution in [2.24, 2.45) is 0 Å². The van der Waals surface area contributed by atoms with E-state index >= 15 is 0 Å². The minimum Gasteiger partial charge on any atom is -0.381 e. The fraction of sp³-hybridized carbons (Fsp3) is 0.391. The summed E-state index contributed by atoms with van der Waals surface area (Å²) < 4.78 is 7.46. The molecule has 0 unspecified atom stereocenters. The Balaban J connectivity index is 1.31. The molecule has 160 valence electrons. The molecule has 0 spiro atoms. The fourth-order valence-electron chi connectivity index (χ4n) is 4.59. The summed E-state index contributed by atoms with van der Waals surface area (Å²) in [5, 5.41) is 0. The number of carbonyl (C=O) groups excluding carboxylic acids is 1. The molecule has 2 aliphatic heterocycles. The lowest BCUT2D eigenvalue weighted by Crippen LogP contribution is -2.56. The number of carbonyl (C=O) groups is 1. The summed E-state index contributed by atoms with van der Waals surface area (Å²) in [5.74, 6) is 1.88. The molecule has 0 bridgehead atoms. The van der Waals surface area contributed by atoms with Crippen molar-refractivity contribution >= 4 is 11.7 Å². The van der Waals surface area contributed by atoms with E-state index in [-0.39, 0.29) is 5.91 Å². The lowest BCUT2D eigenvalue weighted by Gasteiger charge is -2.43. The summed E-state index contributed by atoms with van der Waals surface area (Å²) in [6.07, 6.45) is 8.35. The molecule has 5 rings (SSSR count). The summed E-state index contributed by atoms with van der Waals surface area (Å²) in [6.45, 7) is 4.09. The van der Waals surface area contributed by atoms with Crippen molar-refractivity contribution in [2.75, 3.05) is 44.3 Å². The van der Waals surface area contributed by atoms with E-state index < -0.39 is 5.41 Å². The van der Waals surface area contributed by atoms with E-state index in [1.54, 1.807) is 18.9 Å². The van der Waals surface area contributed by atoms with Crippen LogP contribution in [0.3, 0.4) is 0 Å². The molecule has 4 heterocycles. The second kappa shape index (κ2) is 8.47. The van der Waals surface area contributed by atoms with Crippen molar-refractivity contribution in [1.82, 2.24) is 24.4 Å². The monoisotopic (exact) mass is 418 g/mol. The molecule has 1 aromatic carbocycles. The van der Waals surface area contributed by atoms with Gasteiger partial charge in [-0.3, -0.25) is 9.36 Å². The zero-order valence-corrected chi connectivity index (χ0v) is 17.4. The van der Waals surface area contributed by atoms with E-state index in [2.05, 4.69) is 32.0 Å². The van der Waals surface area contributed by atoms with Crippen LogP contribution in [0.1, 0.15) is 18.4 Å². The molecule has 0 radical (unpaired) electrons. The van der Waals surface area contributed by atoms with Gasteiger partial charge in [0.25, 0.3) is 0 Å². The van der Waals surface area contributed by atoms with Gasteiger partial charge in [-0.2, -0.15) is 0 Å². The van der Waals surface area contributed by atoms with E-state index in [0.29, 0.717) is 26.3 Å². The number of hydrogen-bond acceptors (Lipinski definition) is 6. The fourth-order valence-corrected chi connectivity index (χ4v) is 4.59. The SMILES string of the molecule is O=C(N1CCN(c2cc(-n3ccnc3)ncn2)CC1)C1(c2ccccc2)CCOCC1. The number of amides is 1. The van der Waals surface area contributed by atoms with Crippen molar-refractivity contribution in [3.63, 3.8) is 0 Å². The van der Waals surface area contributed by atoms with Gasteiger partial charge in [0.15, 0.2) is 0 Å². The standard InChI is InChI=1S/C23H26N6O2/c30-22(23(6-14-31-15-7-23)19-4-2-1-3-5-19)28-12-10-27(11-13-28)20-16-21(26-17-25-20)29-9-8-24-18-29/h1-5,8-9,16-18H,6-7,10-15H2. The largest absolute Gasteiger partial charge is 0.381 e. The smallest absolute Gasteiger partial charge is 0.233 e. The molecule has 2 aliphatic rings. The third kappa shape index (κ3) is 3.79. The molecule has 2 fully saturated rings. The van der Waals surface area contributed by atoms with Crippen molar-refractivity contribution < 1.29 is 9.53 Å². The third-order valence-electron chi connectivity index (χ3n) is 6.38. The number of imidazole rings is 1. The van der Waals surface area contributed by atoms with Gasteiger partial charge in [-0.05, 0) is 18.4 Å². The van der Waals surface area contributed by atoms with Gasteiger partial charge in [0.05, 0.1) is 5.41 Å². The molecule has 0 saturated carbocycles. The summed E-state index contributed by atoms with van der Waals surface area (Å²) in [7, 11) is 0. The minimum atomic E-state index is -0.481. The maximum absolute atomic E-state index is 13.7. The van der Waals surface area contributed by atoms with Crippen molar-refractivity contribution in [3.05, 3.63) is 67.0 Å². The van der Waals surface area contributed by atoms with Gasteiger partial charge in [0.1, 0.15) is 24.3 Å². The zero-order valence-electron chi connectivity index (χ0n) is 17.4. The van der Waals surface area contributed by atoms with Crippen LogP contribution in [-0.2, 0) is 14.9 Å². The van der Waals surface area contributed by atoms with Gasteiger partial charge >= 0.3 is 0 Å². The van der Waals surface area contributed by atoms with E-state index in [9.17, 15) is 4.79 Å². The Hall–Kier alpha value is -3.26. The average Bonchev–Trinajstić information content (AvgIpc) is 3.40. The molecule has 0 atom stereocenters. The number of hydrogen-bond donors (Lipinski definition) is 0. The molecular weight excluding hydrogens is 392 g/mol. The number of nitrogens with zero attached hydrogens (tertiary/aromatic N) is 6. The molecule has 8 nitrogen and oxygen atoms in total. The van der Waals surface area contributed by atoms with Crippen LogP contribution in [0.2, 0.25) is 0 Å². The van der Waals surface area contributed by atoms with Gasteiger partial charge in [0.2, 0.25) is 5.91 Å². The van der Waals surface area contributed by atoms with Gasteiger partial charge in [-0.1, -0.05) is 30.3 Å². The molecule has 0 N–H and O–H groups in total. The second-order valence-electron chi connectivity index (χ2n) is 8.04. The molecular formula is C23H26N6O2. The Morgan fingerprint density at radius 1 is 0.968 bits per heavy atom. The highest BCUT2D eigenvalue weighted by Gasteiger charge is 2.44. The summed E-state index contributed by atoms with van der Waals surface area (Å²) in [6, 6.07) is 12.2. The van der Waals surface area contributed by atoms with Gasteiger partial charge in [0, 0.05) is 57.9 Å². The Morgan fingerprint density at radius 2 is 1.71 bits per heavy atom. The minimum absolute atomic E-state index is 0.225. The highest BCUT2D eigenvalue weighted by Crippen LogP contribution is 2.37.